The summed E-state index contributed by atoms with van der Waals surface area (Å²) in [5, 5.41) is 10.9. The summed E-state index contributed by atoms with van der Waals surface area (Å²) in [6, 6.07) is 13.6. The normalized spacial score (nSPS) is 12.7. The summed E-state index contributed by atoms with van der Waals surface area (Å²) in [6.45, 7) is 3.52. The minimum atomic E-state index is -0.245. The van der Waals surface area contributed by atoms with Crippen LogP contribution in [0.2, 0.25) is 0 Å². The molecule has 2 aromatic carbocycles. The molecule has 0 unspecified atom stereocenters. The third kappa shape index (κ3) is 3.70. The highest BCUT2D eigenvalue weighted by Gasteiger charge is 2.27. The molecule has 7 nitrogen and oxygen atoms in total. The molecule has 0 radical (unpaired) electrons. The molecule has 1 aliphatic rings. The fourth-order valence-corrected chi connectivity index (χ4v) is 4.83. The van der Waals surface area contributed by atoms with E-state index in [0.29, 0.717) is 16.5 Å². The largest absolute Gasteiger partial charge is 0.326 e. The van der Waals surface area contributed by atoms with Gasteiger partial charge in [0.25, 0.3) is 5.91 Å². The molecular formula is C23H21N5O2S. The van der Waals surface area contributed by atoms with Crippen LogP contribution < -0.4 is 10.6 Å². The first-order chi connectivity index (χ1) is 15.0. The summed E-state index contributed by atoms with van der Waals surface area (Å²) in [4.78, 5) is 28.9. The van der Waals surface area contributed by atoms with Crippen molar-refractivity contribution < 1.29 is 9.59 Å². The van der Waals surface area contributed by atoms with Crippen LogP contribution in [0.4, 0.5) is 10.8 Å². The van der Waals surface area contributed by atoms with Gasteiger partial charge in [0.05, 0.1) is 15.9 Å². The Morgan fingerprint density at radius 1 is 1.06 bits per heavy atom. The second-order valence-corrected chi connectivity index (χ2v) is 8.74. The van der Waals surface area contributed by atoms with Gasteiger partial charge in [0.1, 0.15) is 0 Å². The Kier molecular flexibility index (Phi) is 4.78. The fourth-order valence-electron chi connectivity index (χ4n) is 3.93. The molecule has 2 amide bonds. The zero-order valence-electron chi connectivity index (χ0n) is 17.2. The van der Waals surface area contributed by atoms with E-state index < -0.39 is 0 Å². The fraction of sp³-hybridized carbons (Fsp3) is 0.217. The molecule has 156 valence electrons. The van der Waals surface area contributed by atoms with Crippen LogP contribution in [0, 0.1) is 6.92 Å². The van der Waals surface area contributed by atoms with Crippen LogP contribution in [-0.4, -0.2) is 26.6 Å². The van der Waals surface area contributed by atoms with Gasteiger partial charge in [-0.3, -0.25) is 14.9 Å². The van der Waals surface area contributed by atoms with Crippen LogP contribution in [-0.2, 0) is 17.6 Å². The van der Waals surface area contributed by atoms with Gasteiger partial charge in [-0.1, -0.05) is 29.0 Å². The lowest BCUT2D eigenvalue weighted by Gasteiger charge is -2.05. The van der Waals surface area contributed by atoms with Gasteiger partial charge >= 0.3 is 0 Å². The molecule has 8 heteroatoms. The average molecular weight is 432 g/mol. The Morgan fingerprint density at radius 3 is 2.65 bits per heavy atom. The van der Waals surface area contributed by atoms with Gasteiger partial charge in [-0.2, -0.15) is 5.10 Å². The number of benzene rings is 2. The van der Waals surface area contributed by atoms with Crippen molar-refractivity contribution in [3.05, 3.63) is 65.0 Å². The van der Waals surface area contributed by atoms with Crippen LogP contribution in [0.25, 0.3) is 15.9 Å². The molecule has 2 heterocycles. The minimum Gasteiger partial charge on any atom is -0.326 e. The summed E-state index contributed by atoms with van der Waals surface area (Å²) in [6.07, 6.45) is 2.78. The van der Waals surface area contributed by atoms with Gasteiger partial charge in [0.15, 0.2) is 10.8 Å². The van der Waals surface area contributed by atoms with E-state index in [2.05, 4.69) is 32.8 Å². The number of aryl methyl sites for hydroxylation is 1. The van der Waals surface area contributed by atoms with E-state index in [4.69, 9.17) is 0 Å². The second-order valence-electron chi connectivity index (χ2n) is 7.71. The second kappa shape index (κ2) is 7.63. The number of aromatic nitrogens is 3. The Morgan fingerprint density at radius 2 is 1.87 bits per heavy atom. The first kappa shape index (κ1) is 19.4. The topological polar surface area (TPSA) is 88.9 Å². The predicted molar refractivity (Wildman–Crippen MR) is 122 cm³/mol. The van der Waals surface area contributed by atoms with Crippen molar-refractivity contribution in [2.24, 2.45) is 0 Å². The first-order valence-electron chi connectivity index (χ1n) is 10.2. The van der Waals surface area contributed by atoms with Crippen LogP contribution in [0.1, 0.15) is 40.7 Å². The zero-order valence-corrected chi connectivity index (χ0v) is 18.0. The molecule has 0 bridgehead atoms. The molecule has 0 aliphatic heterocycles. The zero-order chi connectivity index (χ0) is 21.5. The molecule has 0 saturated carbocycles. The van der Waals surface area contributed by atoms with Crippen molar-refractivity contribution in [3.8, 4) is 5.69 Å². The van der Waals surface area contributed by atoms with Crippen LogP contribution in [0.5, 0.6) is 0 Å². The molecule has 2 N–H and O–H groups in total. The number of nitrogens with zero attached hydrogens (tertiary/aromatic N) is 3. The first-order valence-corrected chi connectivity index (χ1v) is 11.0. The number of rotatable bonds is 4. The Bertz CT molecular complexity index is 1320. The lowest BCUT2D eigenvalue weighted by Crippen LogP contribution is -2.14. The van der Waals surface area contributed by atoms with Gasteiger partial charge in [0.2, 0.25) is 5.91 Å². The molecule has 0 fully saturated rings. The highest BCUT2D eigenvalue weighted by Crippen LogP contribution is 2.31. The van der Waals surface area contributed by atoms with Crippen molar-refractivity contribution in [2.45, 2.75) is 33.1 Å². The van der Waals surface area contributed by atoms with Crippen LogP contribution in [0.3, 0.4) is 0 Å². The smallest absolute Gasteiger partial charge is 0.278 e. The molecule has 1 aliphatic carbocycles. The Labute approximate surface area is 183 Å². The molecule has 0 atom stereocenters. The van der Waals surface area contributed by atoms with Crippen molar-refractivity contribution in [3.63, 3.8) is 0 Å². The van der Waals surface area contributed by atoms with Crippen molar-refractivity contribution in [1.82, 2.24) is 14.8 Å². The molecule has 5 rings (SSSR count). The van der Waals surface area contributed by atoms with E-state index in [1.807, 2.05) is 35.9 Å². The number of carbonyl (C=O) groups is 2. The quantitative estimate of drug-likeness (QED) is 0.498. The van der Waals surface area contributed by atoms with Gasteiger partial charge < -0.3 is 5.32 Å². The minimum absolute atomic E-state index is 0.129. The van der Waals surface area contributed by atoms with E-state index in [-0.39, 0.29) is 11.8 Å². The molecule has 4 aromatic rings. The summed E-state index contributed by atoms with van der Waals surface area (Å²) in [7, 11) is 0. The van der Waals surface area contributed by atoms with E-state index in [9.17, 15) is 9.59 Å². The van der Waals surface area contributed by atoms with E-state index >= 15 is 0 Å². The maximum absolute atomic E-state index is 13.1. The summed E-state index contributed by atoms with van der Waals surface area (Å²) >= 11 is 1.37. The Balaban J connectivity index is 1.44. The summed E-state index contributed by atoms with van der Waals surface area (Å²) in [5.74, 6) is -0.374. The van der Waals surface area contributed by atoms with E-state index in [0.717, 1.165) is 46.4 Å². The molecule has 0 spiro atoms. The number of hydrogen-bond donors (Lipinski definition) is 2. The number of anilines is 2. The van der Waals surface area contributed by atoms with Gasteiger partial charge in [-0.15, -0.1) is 0 Å². The standard InChI is InChI=1S/C23H21N5O2S/c1-13-6-9-16(10-7-13)28-19-5-3-4-17(19)21(27-28)22(30)26-23-25-18-11-8-15(24-14(2)29)12-20(18)31-23/h6-12H,3-5H2,1-2H3,(H,24,29)(H,25,26,30). The molecule has 0 saturated heterocycles. The lowest BCUT2D eigenvalue weighted by molar-refractivity contribution is -0.114. The lowest BCUT2D eigenvalue weighted by atomic mass is 10.2. The number of hydrogen-bond acceptors (Lipinski definition) is 5. The third-order valence-corrected chi connectivity index (χ3v) is 6.29. The van der Waals surface area contributed by atoms with E-state index in [1.54, 1.807) is 6.07 Å². The maximum Gasteiger partial charge on any atom is 0.278 e. The summed E-state index contributed by atoms with van der Waals surface area (Å²) in [5.41, 5.74) is 6.22. The number of nitrogens with one attached hydrogen (secondary N) is 2. The SMILES string of the molecule is CC(=O)Nc1ccc2nc(NC(=O)c3nn(-c4ccc(C)cc4)c4c3CCC4)sc2c1. The molecule has 2 aromatic heterocycles. The number of thiazole rings is 1. The third-order valence-electron chi connectivity index (χ3n) is 5.35. The van der Waals surface area contributed by atoms with Gasteiger partial charge in [-0.25, -0.2) is 9.67 Å². The van der Waals surface area contributed by atoms with Gasteiger partial charge in [0, 0.05) is 23.9 Å². The van der Waals surface area contributed by atoms with Gasteiger partial charge in [-0.05, 0) is 56.5 Å². The predicted octanol–water partition coefficient (Wildman–Crippen LogP) is 4.49. The highest BCUT2D eigenvalue weighted by atomic mass is 32.1. The van der Waals surface area contributed by atoms with Crippen molar-refractivity contribution in [2.75, 3.05) is 10.6 Å². The van der Waals surface area contributed by atoms with E-state index in [1.165, 1.54) is 23.8 Å². The van der Waals surface area contributed by atoms with Crippen molar-refractivity contribution in [1.29, 1.82) is 0 Å². The van der Waals surface area contributed by atoms with Crippen LogP contribution >= 0.6 is 11.3 Å². The average Bonchev–Trinajstić information content (AvgIpc) is 3.42. The maximum atomic E-state index is 13.1. The monoisotopic (exact) mass is 431 g/mol. The number of fused-ring (bicyclic) bond motifs is 2. The van der Waals surface area contributed by atoms with Crippen molar-refractivity contribution >= 4 is 44.2 Å². The molecule has 31 heavy (non-hydrogen) atoms. The number of amides is 2. The molecular weight excluding hydrogens is 410 g/mol. The number of carbonyl (C=O) groups excluding carboxylic acids is 2. The summed E-state index contributed by atoms with van der Waals surface area (Å²) < 4.78 is 2.78. The Hall–Kier alpha value is -3.52. The highest BCUT2D eigenvalue weighted by molar-refractivity contribution is 7.22. The van der Waals surface area contributed by atoms with Crippen LogP contribution in [0.15, 0.2) is 42.5 Å².